The van der Waals surface area contributed by atoms with Crippen molar-refractivity contribution in [1.82, 2.24) is 5.32 Å². The van der Waals surface area contributed by atoms with E-state index in [1.54, 1.807) is 12.1 Å². The number of benzene rings is 2. The van der Waals surface area contributed by atoms with Crippen LogP contribution < -0.4 is 19.7 Å². The summed E-state index contributed by atoms with van der Waals surface area (Å²) in [6.07, 6.45) is 1.32. The smallest absolute Gasteiger partial charge is 0.335 e. The molecule has 9 heteroatoms. The quantitative estimate of drug-likeness (QED) is 0.582. The monoisotopic (exact) mass is 432 g/mol. The van der Waals surface area contributed by atoms with Crippen LogP contribution in [0.4, 0.5) is 14.9 Å². The van der Waals surface area contributed by atoms with E-state index in [1.165, 1.54) is 24.3 Å². The molecule has 0 radical (unpaired) electrons. The van der Waals surface area contributed by atoms with Crippen molar-refractivity contribution >= 4 is 45.5 Å². The van der Waals surface area contributed by atoms with Crippen LogP contribution in [0.15, 0.2) is 46.4 Å². The first kappa shape index (κ1) is 17.2. The summed E-state index contributed by atoms with van der Waals surface area (Å²) in [6.45, 7) is 0.0725. The highest BCUT2D eigenvalue weighted by Gasteiger charge is 2.37. The zero-order valence-corrected chi connectivity index (χ0v) is 15.1. The van der Waals surface area contributed by atoms with Gasteiger partial charge in [-0.1, -0.05) is 22.0 Å². The summed E-state index contributed by atoms with van der Waals surface area (Å²) in [6, 6.07) is 7.27. The van der Waals surface area contributed by atoms with E-state index in [-0.39, 0.29) is 18.1 Å². The van der Waals surface area contributed by atoms with Crippen molar-refractivity contribution in [3.63, 3.8) is 0 Å². The van der Waals surface area contributed by atoms with Crippen LogP contribution in [0.5, 0.6) is 11.5 Å². The Labute approximate surface area is 160 Å². The molecule has 2 heterocycles. The van der Waals surface area contributed by atoms with E-state index in [1.807, 2.05) is 0 Å². The zero-order valence-electron chi connectivity index (χ0n) is 13.5. The summed E-state index contributed by atoms with van der Waals surface area (Å²) in [4.78, 5) is 37.8. The molecule has 1 N–H and O–H groups in total. The van der Waals surface area contributed by atoms with Crippen LogP contribution in [0.25, 0.3) is 6.08 Å². The number of hydrogen-bond donors (Lipinski definition) is 1. The number of anilines is 1. The molecule has 4 amide bonds. The number of amides is 4. The average molecular weight is 433 g/mol. The van der Waals surface area contributed by atoms with Gasteiger partial charge in [0, 0.05) is 4.47 Å². The average Bonchev–Trinajstić information content (AvgIpc) is 3.05. The second-order valence-electron chi connectivity index (χ2n) is 5.66. The Morgan fingerprint density at radius 3 is 2.59 bits per heavy atom. The fourth-order valence-corrected chi connectivity index (χ4v) is 3.14. The first-order valence-corrected chi connectivity index (χ1v) is 8.49. The molecular weight excluding hydrogens is 423 g/mol. The van der Waals surface area contributed by atoms with Crippen molar-refractivity contribution in [2.24, 2.45) is 0 Å². The van der Waals surface area contributed by atoms with E-state index in [2.05, 4.69) is 21.2 Å². The van der Waals surface area contributed by atoms with E-state index in [0.717, 1.165) is 6.07 Å². The lowest BCUT2D eigenvalue weighted by Gasteiger charge is -2.26. The van der Waals surface area contributed by atoms with E-state index in [4.69, 9.17) is 9.47 Å². The third-order valence-electron chi connectivity index (χ3n) is 3.96. The molecule has 1 saturated heterocycles. The van der Waals surface area contributed by atoms with Crippen molar-refractivity contribution < 1.29 is 28.2 Å². The summed E-state index contributed by atoms with van der Waals surface area (Å²) in [5.74, 6) is -1.33. The Bertz CT molecular complexity index is 1040. The van der Waals surface area contributed by atoms with Crippen molar-refractivity contribution in [3.8, 4) is 11.5 Å². The van der Waals surface area contributed by atoms with Gasteiger partial charge >= 0.3 is 6.03 Å². The van der Waals surface area contributed by atoms with Crippen LogP contribution in [-0.2, 0) is 9.59 Å². The van der Waals surface area contributed by atoms with Crippen LogP contribution in [0.2, 0.25) is 0 Å². The highest BCUT2D eigenvalue weighted by Crippen LogP contribution is 2.38. The van der Waals surface area contributed by atoms with Crippen LogP contribution in [-0.4, -0.2) is 24.6 Å². The maximum atomic E-state index is 13.5. The van der Waals surface area contributed by atoms with Gasteiger partial charge in [0.2, 0.25) is 6.79 Å². The van der Waals surface area contributed by atoms with Crippen molar-refractivity contribution in [3.05, 3.63) is 57.8 Å². The summed E-state index contributed by atoms with van der Waals surface area (Å²) >= 11 is 3.34. The minimum absolute atomic E-state index is 0.0145. The zero-order chi connectivity index (χ0) is 19.1. The molecule has 7 nitrogen and oxygen atoms in total. The third-order valence-corrected chi connectivity index (χ3v) is 4.65. The van der Waals surface area contributed by atoms with Gasteiger partial charge in [-0.25, -0.2) is 14.1 Å². The minimum atomic E-state index is -0.947. The predicted molar refractivity (Wildman–Crippen MR) is 95.7 cm³/mol. The van der Waals surface area contributed by atoms with E-state index in [9.17, 15) is 18.8 Å². The highest BCUT2D eigenvalue weighted by molar-refractivity contribution is 9.10. The molecule has 2 aliphatic heterocycles. The lowest BCUT2D eigenvalue weighted by atomic mass is 10.1. The molecule has 0 spiro atoms. The molecule has 27 heavy (non-hydrogen) atoms. The lowest BCUT2D eigenvalue weighted by Crippen LogP contribution is -2.54. The maximum Gasteiger partial charge on any atom is 0.335 e. The molecule has 0 bridgehead atoms. The number of carbonyl (C=O) groups is 3. The van der Waals surface area contributed by atoms with Gasteiger partial charge < -0.3 is 9.47 Å². The lowest BCUT2D eigenvalue weighted by molar-refractivity contribution is -0.122. The molecule has 1 fully saturated rings. The Balaban J connectivity index is 1.76. The second kappa shape index (κ2) is 6.51. The number of nitrogens with one attached hydrogen (secondary N) is 1. The highest BCUT2D eigenvalue weighted by atomic mass is 79.9. The van der Waals surface area contributed by atoms with E-state index >= 15 is 0 Å². The number of ether oxygens (including phenoxy) is 2. The molecule has 0 aromatic heterocycles. The van der Waals surface area contributed by atoms with Crippen LogP contribution >= 0.6 is 15.9 Å². The Hall–Kier alpha value is -3.20. The first-order chi connectivity index (χ1) is 12.9. The molecular formula is C18H10BrFN2O5. The fraction of sp³-hybridized carbons (Fsp3) is 0.0556. The van der Waals surface area contributed by atoms with Gasteiger partial charge in [0.15, 0.2) is 11.5 Å². The number of rotatable bonds is 2. The molecule has 0 aliphatic carbocycles. The molecule has 4 rings (SSSR count). The number of imide groups is 2. The minimum Gasteiger partial charge on any atom is -0.454 e. The molecule has 0 unspecified atom stereocenters. The number of halogens is 2. The molecule has 136 valence electrons. The van der Waals surface area contributed by atoms with Gasteiger partial charge in [0.25, 0.3) is 11.8 Å². The first-order valence-electron chi connectivity index (χ1n) is 7.70. The standard InChI is InChI=1S/C18H10BrFN2O5/c19-13-7-15-14(26-8-27-15)5-9(13)4-12-16(23)21-18(25)22(17(12)24)11-3-1-2-10(20)6-11/h1-7H,8H2,(H,21,23,25)/b12-4-. The summed E-state index contributed by atoms with van der Waals surface area (Å²) in [7, 11) is 0. The van der Waals surface area contributed by atoms with Gasteiger partial charge in [0.1, 0.15) is 11.4 Å². The SMILES string of the molecule is O=C1NC(=O)N(c2cccc(F)c2)C(=O)/C1=C\c1cc2c(cc1Br)OCO2. The van der Waals surface area contributed by atoms with Crippen LogP contribution in [0.1, 0.15) is 5.56 Å². The number of fused-ring (bicyclic) bond motifs is 1. The number of urea groups is 1. The molecule has 2 aliphatic rings. The predicted octanol–water partition coefficient (Wildman–Crippen LogP) is 2.98. The topological polar surface area (TPSA) is 84.9 Å². The van der Waals surface area contributed by atoms with E-state index in [0.29, 0.717) is 26.4 Å². The summed E-state index contributed by atoms with van der Waals surface area (Å²) in [5.41, 5.74) is 0.213. The van der Waals surface area contributed by atoms with Gasteiger partial charge in [-0.05, 0) is 42.0 Å². The summed E-state index contributed by atoms with van der Waals surface area (Å²) in [5, 5.41) is 2.09. The summed E-state index contributed by atoms with van der Waals surface area (Å²) < 4.78 is 24.6. The largest absolute Gasteiger partial charge is 0.454 e. The molecule has 0 saturated carbocycles. The van der Waals surface area contributed by atoms with Gasteiger partial charge in [0.05, 0.1) is 5.69 Å². The Morgan fingerprint density at radius 1 is 1.11 bits per heavy atom. The van der Waals surface area contributed by atoms with Crippen molar-refractivity contribution in [2.75, 3.05) is 11.7 Å². The number of carbonyl (C=O) groups excluding carboxylic acids is 3. The van der Waals surface area contributed by atoms with Crippen LogP contribution in [0.3, 0.4) is 0 Å². The van der Waals surface area contributed by atoms with Gasteiger partial charge in [-0.15, -0.1) is 0 Å². The van der Waals surface area contributed by atoms with Crippen LogP contribution in [0, 0.1) is 5.82 Å². The maximum absolute atomic E-state index is 13.5. The molecule has 2 aromatic carbocycles. The normalized spacial score (nSPS) is 17.5. The Morgan fingerprint density at radius 2 is 1.85 bits per heavy atom. The van der Waals surface area contributed by atoms with Crippen molar-refractivity contribution in [2.45, 2.75) is 0 Å². The Kier molecular flexibility index (Phi) is 4.15. The third kappa shape index (κ3) is 3.06. The van der Waals surface area contributed by atoms with Gasteiger partial charge in [-0.2, -0.15) is 0 Å². The number of barbiturate groups is 1. The number of nitrogens with zero attached hydrogens (tertiary/aromatic N) is 1. The molecule has 0 atom stereocenters. The van der Waals surface area contributed by atoms with Crippen molar-refractivity contribution in [1.29, 1.82) is 0 Å². The van der Waals surface area contributed by atoms with E-state index < -0.39 is 23.7 Å². The second-order valence-corrected chi connectivity index (χ2v) is 6.52. The molecule has 2 aromatic rings. The number of hydrogen-bond acceptors (Lipinski definition) is 5. The fourth-order valence-electron chi connectivity index (χ4n) is 2.71. The van der Waals surface area contributed by atoms with Gasteiger partial charge in [-0.3, -0.25) is 14.9 Å².